The molecule has 0 aromatic rings. The molecule has 3 saturated heterocycles. The molecule has 0 radical (unpaired) electrons. The molecular weight excluding hydrogens is 1010 g/mol. The molecule has 6 aliphatic rings. The number of alkyl halides is 6. The quantitative estimate of drug-likeness (QED) is 0.216. The number of nitrogens with zero attached hydrogens (tertiary/aromatic N) is 2. The molecule has 3 heterocycles. The number of hydrogen-bond acceptors (Lipinski definition) is 2. The van der Waals surface area contributed by atoms with Gasteiger partial charge < -0.3 is 0 Å². The molecule has 26 heavy (non-hydrogen) atoms. The number of rotatable bonds is 0. The zero-order valence-corrected chi connectivity index (χ0v) is 27.3. The summed E-state index contributed by atoms with van der Waals surface area (Å²) in [5.74, 6) is 0. The van der Waals surface area contributed by atoms with Crippen molar-refractivity contribution in [2.45, 2.75) is 98.3 Å². The van der Waals surface area contributed by atoms with E-state index in [1.807, 2.05) is 0 Å². The third kappa shape index (κ3) is 3.62. The molecule has 3 saturated carbocycles. The Balaban J connectivity index is 1.54. The van der Waals surface area contributed by atoms with Crippen molar-refractivity contribution >= 4 is 136 Å². The number of halogens is 6. The van der Waals surface area contributed by atoms with E-state index in [1.54, 1.807) is 0 Å². The summed E-state index contributed by atoms with van der Waals surface area (Å²) in [7, 11) is 0. The Bertz CT molecular complexity index is 442. The molecule has 0 N–H and O–H groups in total. The molecule has 6 fully saturated rings. The maximum atomic E-state index is 3.16. The van der Waals surface area contributed by atoms with Crippen LogP contribution in [0.1, 0.15) is 38.5 Å². The highest BCUT2D eigenvalue weighted by Crippen LogP contribution is 2.54. The summed E-state index contributed by atoms with van der Waals surface area (Å²) in [5, 5.41) is 0. The summed E-state index contributed by atoms with van der Waals surface area (Å²) in [6.07, 6.45) is 8.59. The molecule has 12 atom stereocenters. The fourth-order valence-corrected chi connectivity index (χ4v) is 11.5. The minimum absolute atomic E-state index is 0.842. The second-order valence-corrected chi connectivity index (χ2v) is 18.4. The van der Waals surface area contributed by atoms with Gasteiger partial charge in [0.2, 0.25) is 0 Å². The molecule has 0 spiro atoms. The average molecular weight is 1030 g/mol. The van der Waals surface area contributed by atoms with E-state index < -0.39 is 0 Å². The Morgan fingerprint density at radius 1 is 0.346 bits per heavy atom. The molecule has 0 aromatic carbocycles. The van der Waals surface area contributed by atoms with Crippen LogP contribution in [0.2, 0.25) is 0 Å². The average Bonchev–Trinajstić information content (AvgIpc) is 2.58. The fourth-order valence-electron chi connectivity index (χ4n) is 6.61. The van der Waals surface area contributed by atoms with E-state index in [1.165, 1.54) is 38.5 Å². The zero-order chi connectivity index (χ0) is 18.3. The van der Waals surface area contributed by atoms with Gasteiger partial charge in [-0.3, -0.25) is 9.80 Å². The summed E-state index contributed by atoms with van der Waals surface area (Å²) in [6, 6.07) is 5.05. The Labute approximate surface area is 239 Å². The minimum atomic E-state index is 0.842. The molecule has 6 rings (SSSR count). The van der Waals surface area contributed by atoms with Crippen LogP contribution in [0.4, 0.5) is 0 Å². The maximum Gasteiger partial charge on any atom is 0.0269 e. The maximum absolute atomic E-state index is 3.16. The first kappa shape index (κ1) is 22.1. The van der Waals surface area contributed by atoms with Gasteiger partial charge in [-0.05, 0) is 38.5 Å². The molecule has 2 nitrogen and oxygen atoms in total. The Hall–Kier alpha value is 4.30. The van der Waals surface area contributed by atoms with Crippen LogP contribution in [0.25, 0.3) is 0 Å². The van der Waals surface area contributed by atoms with Gasteiger partial charge in [-0.15, -0.1) is 0 Å². The smallest absolute Gasteiger partial charge is 0.0269 e. The fraction of sp³-hybridized carbons (Fsp3) is 1.00. The van der Waals surface area contributed by atoms with Gasteiger partial charge in [0.05, 0.1) is 0 Å². The predicted molar refractivity (Wildman–Crippen MR) is 161 cm³/mol. The lowest BCUT2D eigenvalue weighted by atomic mass is 9.68. The highest BCUT2D eigenvalue weighted by molar-refractivity contribution is 14.1. The largest absolute Gasteiger partial charge is 0.290 e. The van der Waals surface area contributed by atoms with Crippen LogP contribution in [-0.2, 0) is 0 Å². The van der Waals surface area contributed by atoms with Gasteiger partial charge in [-0.2, -0.15) is 0 Å². The summed E-state index contributed by atoms with van der Waals surface area (Å²) >= 11 is 16.6. The van der Waals surface area contributed by atoms with E-state index in [-0.39, 0.29) is 0 Å². The van der Waals surface area contributed by atoms with E-state index in [4.69, 9.17) is 0 Å². The van der Waals surface area contributed by atoms with E-state index in [0.29, 0.717) is 0 Å². The third-order valence-electron chi connectivity index (χ3n) is 7.61. The highest BCUT2D eigenvalue weighted by Gasteiger charge is 2.63. The van der Waals surface area contributed by atoms with Crippen molar-refractivity contribution in [3.05, 3.63) is 0 Å². The van der Waals surface area contributed by atoms with Gasteiger partial charge in [0.1, 0.15) is 0 Å². The molecule has 12 unspecified atom stereocenters. The molecule has 8 heteroatoms. The van der Waals surface area contributed by atoms with E-state index >= 15 is 0 Å². The number of piperazine rings is 3. The first-order valence-corrected chi connectivity index (χ1v) is 17.2. The molecule has 148 valence electrons. The second kappa shape index (κ2) is 8.58. The summed E-state index contributed by atoms with van der Waals surface area (Å²) in [4.78, 5) is 6.33. The normalized spacial score (nSPS) is 64.4. The summed E-state index contributed by atoms with van der Waals surface area (Å²) in [6.45, 7) is 0. The van der Waals surface area contributed by atoms with E-state index in [0.717, 1.165) is 59.8 Å². The standard InChI is InChI=1S/C18H24I6N2/c19-7-1-13-14(2-8(7)20)26-17-5-11(23)9(21)3-15(17)25(13)16-4-10(22)12(24)6-18(16)26/h7-18H,1-6H2. The Kier molecular flexibility index (Phi) is 7.30. The third-order valence-corrected chi connectivity index (χ3v) is 20.0. The lowest BCUT2D eigenvalue weighted by Crippen LogP contribution is -2.84. The minimum Gasteiger partial charge on any atom is -0.290 e. The van der Waals surface area contributed by atoms with Crippen LogP contribution in [0.15, 0.2) is 0 Å². The lowest BCUT2D eigenvalue weighted by molar-refractivity contribution is -0.199. The summed E-state index contributed by atoms with van der Waals surface area (Å²) in [5.41, 5.74) is 0. The molecule has 0 amide bonds. The van der Waals surface area contributed by atoms with Crippen molar-refractivity contribution in [2.24, 2.45) is 0 Å². The van der Waals surface area contributed by atoms with Gasteiger partial charge in [0.25, 0.3) is 0 Å². The van der Waals surface area contributed by atoms with Crippen LogP contribution in [0.5, 0.6) is 0 Å². The lowest BCUT2D eigenvalue weighted by Gasteiger charge is -2.72. The van der Waals surface area contributed by atoms with Crippen LogP contribution in [-0.4, -0.2) is 69.6 Å². The van der Waals surface area contributed by atoms with Crippen LogP contribution in [0, 0.1) is 0 Å². The van der Waals surface area contributed by atoms with E-state index in [2.05, 4.69) is 145 Å². The van der Waals surface area contributed by atoms with E-state index in [9.17, 15) is 0 Å². The molecule has 2 bridgehead atoms. The van der Waals surface area contributed by atoms with Crippen molar-refractivity contribution in [1.29, 1.82) is 0 Å². The molecule has 0 aromatic heterocycles. The van der Waals surface area contributed by atoms with Crippen LogP contribution in [0.3, 0.4) is 0 Å². The molecular formula is C18H24I6N2. The van der Waals surface area contributed by atoms with Gasteiger partial charge >= 0.3 is 0 Å². The van der Waals surface area contributed by atoms with Gasteiger partial charge in [-0.25, -0.2) is 0 Å². The van der Waals surface area contributed by atoms with Gasteiger partial charge in [-0.1, -0.05) is 136 Å². The molecule has 3 aliphatic heterocycles. The number of hydrogen-bond donors (Lipinski definition) is 0. The monoisotopic (exact) mass is 1030 g/mol. The second-order valence-electron chi connectivity index (χ2n) is 8.81. The SMILES string of the molecule is IC1CC2C(CC1I)N1C3CC(I)C(I)CC3N2C2CC(I)C(I)CC21. The first-order valence-electron chi connectivity index (χ1n) is 9.76. The van der Waals surface area contributed by atoms with Crippen LogP contribution < -0.4 is 0 Å². The molecule has 3 aliphatic carbocycles. The van der Waals surface area contributed by atoms with Crippen LogP contribution >= 0.6 is 136 Å². The van der Waals surface area contributed by atoms with Crippen molar-refractivity contribution in [3.8, 4) is 0 Å². The Morgan fingerprint density at radius 3 is 0.654 bits per heavy atom. The van der Waals surface area contributed by atoms with Gasteiger partial charge in [0, 0.05) is 59.8 Å². The summed E-state index contributed by atoms with van der Waals surface area (Å²) < 4.78 is 5.16. The highest BCUT2D eigenvalue weighted by atomic mass is 127. The predicted octanol–water partition coefficient (Wildman–Crippen LogP) is 6.03. The topological polar surface area (TPSA) is 6.48 Å². The van der Waals surface area contributed by atoms with Gasteiger partial charge in [0.15, 0.2) is 0 Å². The van der Waals surface area contributed by atoms with Crippen molar-refractivity contribution < 1.29 is 0 Å². The van der Waals surface area contributed by atoms with Crippen molar-refractivity contribution in [2.75, 3.05) is 0 Å². The van der Waals surface area contributed by atoms with Crippen molar-refractivity contribution in [3.63, 3.8) is 0 Å². The Morgan fingerprint density at radius 2 is 0.500 bits per heavy atom. The van der Waals surface area contributed by atoms with Crippen molar-refractivity contribution in [1.82, 2.24) is 9.80 Å². The first-order chi connectivity index (χ1) is 12.4. The zero-order valence-electron chi connectivity index (χ0n) is 14.3.